The minimum Gasteiger partial charge on any atom is -0.377 e. The predicted octanol–water partition coefficient (Wildman–Crippen LogP) is 5.06. The minimum absolute atomic E-state index is 0.159. The van der Waals surface area contributed by atoms with E-state index in [9.17, 15) is 0 Å². The van der Waals surface area contributed by atoms with Crippen LogP contribution in [0.25, 0.3) is 0 Å². The maximum Gasteiger partial charge on any atom is 0.0671 e. The fourth-order valence-electron chi connectivity index (χ4n) is 2.02. The van der Waals surface area contributed by atoms with Gasteiger partial charge in [-0.05, 0) is 30.6 Å². The second kappa shape index (κ2) is 8.98. The summed E-state index contributed by atoms with van der Waals surface area (Å²) in [4.78, 5) is 0. The molecule has 0 amide bonds. The molecule has 0 aliphatic heterocycles. The monoisotopic (exact) mass is 272 g/mol. The van der Waals surface area contributed by atoms with Gasteiger partial charge in [-0.2, -0.15) is 0 Å². The summed E-state index contributed by atoms with van der Waals surface area (Å²) in [5.41, 5.74) is 1.22. The molecule has 0 saturated carbocycles. The van der Waals surface area contributed by atoms with Gasteiger partial charge in [0, 0.05) is 12.5 Å². The lowest BCUT2D eigenvalue weighted by atomic mass is 9.68. The fraction of sp³-hybridized carbons (Fsp3) is 0.750. The van der Waals surface area contributed by atoms with Crippen molar-refractivity contribution < 1.29 is 4.74 Å². The Morgan fingerprint density at radius 1 is 1.39 bits per heavy atom. The molecule has 0 rings (SSSR count). The quantitative estimate of drug-likeness (QED) is 0.307. The van der Waals surface area contributed by atoms with Crippen LogP contribution in [-0.4, -0.2) is 19.1 Å². The summed E-state index contributed by atoms with van der Waals surface area (Å²) in [6.45, 7) is 18.0. The second-order valence-electron chi connectivity index (χ2n) is 5.76. The third kappa shape index (κ3) is 6.24. The number of alkyl halides is 1. The Hall–Kier alpha value is -0.0100. The summed E-state index contributed by atoms with van der Waals surface area (Å²) in [6, 6.07) is 0. The summed E-state index contributed by atoms with van der Waals surface area (Å²) in [5, 5.41) is 0. The summed E-state index contributed by atoms with van der Waals surface area (Å²) < 4.78 is 5.57. The molecule has 0 saturated heterocycles. The highest BCUT2D eigenvalue weighted by molar-refractivity contribution is 6.19. The van der Waals surface area contributed by atoms with Crippen molar-refractivity contribution in [3.8, 4) is 0 Å². The zero-order valence-corrected chi connectivity index (χ0v) is 13.3. The first-order valence-corrected chi connectivity index (χ1v) is 7.32. The van der Waals surface area contributed by atoms with Gasteiger partial charge < -0.3 is 4.74 Å². The van der Waals surface area contributed by atoms with Gasteiger partial charge >= 0.3 is 0 Å². The van der Waals surface area contributed by atoms with Crippen molar-refractivity contribution in [2.75, 3.05) is 19.1 Å². The van der Waals surface area contributed by atoms with Crippen molar-refractivity contribution in [3.05, 3.63) is 25.0 Å². The van der Waals surface area contributed by atoms with E-state index in [1.807, 2.05) is 6.92 Å². The van der Waals surface area contributed by atoms with E-state index in [4.69, 9.17) is 16.3 Å². The Morgan fingerprint density at radius 3 is 2.44 bits per heavy atom. The number of hydrogen-bond acceptors (Lipinski definition) is 1. The first-order chi connectivity index (χ1) is 8.36. The summed E-state index contributed by atoms with van der Waals surface area (Å²) in [6.07, 6.45) is 3.05. The molecule has 1 unspecified atom stereocenters. The normalized spacial score (nSPS) is 13.9. The van der Waals surface area contributed by atoms with Crippen LogP contribution in [0.2, 0.25) is 0 Å². The molecule has 0 fully saturated rings. The van der Waals surface area contributed by atoms with E-state index in [-0.39, 0.29) is 5.41 Å². The van der Waals surface area contributed by atoms with Gasteiger partial charge in [-0.1, -0.05) is 52.7 Å². The van der Waals surface area contributed by atoms with Crippen LogP contribution in [-0.2, 0) is 4.74 Å². The van der Waals surface area contributed by atoms with Crippen LogP contribution in [0.4, 0.5) is 0 Å². The fourth-order valence-corrected chi connectivity index (χ4v) is 2.50. The van der Waals surface area contributed by atoms with Crippen molar-refractivity contribution in [2.24, 2.45) is 11.3 Å². The molecule has 0 spiro atoms. The first-order valence-electron chi connectivity index (χ1n) is 6.78. The van der Waals surface area contributed by atoms with E-state index < -0.39 is 0 Å². The molecule has 1 nitrogen and oxygen atoms in total. The molecule has 0 heterocycles. The molecule has 0 N–H and O–H groups in total. The Kier molecular flexibility index (Phi) is 8.98. The van der Waals surface area contributed by atoms with E-state index in [0.717, 1.165) is 31.4 Å². The predicted molar refractivity (Wildman–Crippen MR) is 81.7 cm³/mol. The van der Waals surface area contributed by atoms with E-state index in [1.54, 1.807) is 0 Å². The maximum absolute atomic E-state index is 6.11. The topological polar surface area (TPSA) is 9.23 Å². The van der Waals surface area contributed by atoms with Crippen LogP contribution in [0.1, 0.15) is 47.0 Å². The molecule has 0 bridgehead atoms. The minimum atomic E-state index is 0.159. The first kappa shape index (κ1) is 18.0. The second-order valence-corrected chi connectivity index (χ2v) is 6.03. The molecule has 0 aliphatic rings. The Labute approximate surface area is 119 Å². The third-order valence-electron chi connectivity index (χ3n) is 3.84. The van der Waals surface area contributed by atoms with Crippen LogP contribution in [0.3, 0.4) is 0 Å². The standard InChI is InChI=1S/C16H29ClO/c1-7-8-14(4)16(5,6)15(11-17)9-10-18-12-13(2)3/h14H,1-2,7-12H2,3-6H3. The van der Waals surface area contributed by atoms with Crippen molar-refractivity contribution >= 4 is 11.6 Å². The van der Waals surface area contributed by atoms with Crippen molar-refractivity contribution in [3.63, 3.8) is 0 Å². The van der Waals surface area contributed by atoms with Crippen LogP contribution in [0.15, 0.2) is 12.2 Å². The highest BCUT2D eigenvalue weighted by atomic mass is 35.5. The van der Waals surface area contributed by atoms with Gasteiger partial charge in [-0.3, -0.25) is 0 Å². The summed E-state index contributed by atoms with van der Waals surface area (Å²) >= 11 is 6.11. The smallest absolute Gasteiger partial charge is 0.0671 e. The van der Waals surface area contributed by atoms with Gasteiger partial charge in [0.2, 0.25) is 0 Å². The Bertz CT molecular complexity index is 235. The van der Waals surface area contributed by atoms with Crippen molar-refractivity contribution in [1.82, 2.24) is 0 Å². The summed E-state index contributed by atoms with van der Waals surface area (Å²) in [5.74, 6) is 2.60. The number of rotatable bonds is 10. The Morgan fingerprint density at radius 2 is 2.00 bits per heavy atom. The molecule has 106 valence electrons. The van der Waals surface area contributed by atoms with Gasteiger partial charge in [0.25, 0.3) is 0 Å². The SMILES string of the molecule is [CH2]CCC(C)C(C)(C)[C](CCl)CCOCC(=C)C. The number of ether oxygens (including phenoxy) is 1. The molecule has 0 aromatic rings. The molecular formula is C16H29ClO. The van der Waals surface area contributed by atoms with Gasteiger partial charge in [0.15, 0.2) is 0 Å². The lowest BCUT2D eigenvalue weighted by Gasteiger charge is -2.38. The van der Waals surface area contributed by atoms with Gasteiger partial charge in [0.05, 0.1) is 6.61 Å². The Balaban J connectivity index is 4.24. The molecule has 0 aromatic carbocycles. The number of halogens is 1. The van der Waals surface area contributed by atoms with Crippen LogP contribution in [0.5, 0.6) is 0 Å². The van der Waals surface area contributed by atoms with Crippen LogP contribution >= 0.6 is 11.6 Å². The molecule has 0 aromatic heterocycles. The highest BCUT2D eigenvalue weighted by Gasteiger charge is 2.33. The lowest BCUT2D eigenvalue weighted by molar-refractivity contribution is 0.139. The van der Waals surface area contributed by atoms with Crippen LogP contribution < -0.4 is 0 Å². The van der Waals surface area contributed by atoms with E-state index >= 15 is 0 Å². The lowest BCUT2D eigenvalue weighted by Crippen LogP contribution is -2.31. The van der Waals surface area contributed by atoms with E-state index in [0.29, 0.717) is 18.4 Å². The maximum atomic E-state index is 6.11. The van der Waals surface area contributed by atoms with Crippen LogP contribution in [0, 0.1) is 24.2 Å². The van der Waals surface area contributed by atoms with Gasteiger partial charge in [0.1, 0.15) is 0 Å². The molecule has 2 heteroatoms. The average molecular weight is 273 g/mol. The average Bonchev–Trinajstić information content (AvgIpc) is 2.28. The van der Waals surface area contributed by atoms with E-state index in [1.165, 1.54) is 5.92 Å². The zero-order chi connectivity index (χ0) is 14.2. The molecule has 18 heavy (non-hydrogen) atoms. The molecule has 0 aliphatic carbocycles. The molecular weight excluding hydrogens is 244 g/mol. The molecule has 2 radical (unpaired) electrons. The highest BCUT2D eigenvalue weighted by Crippen LogP contribution is 2.41. The van der Waals surface area contributed by atoms with E-state index in [2.05, 4.69) is 34.3 Å². The largest absolute Gasteiger partial charge is 0.377 e. The van der Waals surface area contributed by atoms with Crippen molar-refractivity contribution in [1.29, 1.82) is 0 Å². The zero-order valence-electron chi connectivity index (χ0n) is 12.5. The van der Waals surface area contributed by atoms with Gasteiger partial charge in [-0.25, -0.2) is 0 Å². The summed E-state index contributed by atoms with van der Waals surface area (Å²) in [7, 11) is 0. The van der Waals surface area contributed by atoms with Crippen molar-refractivity contribution in [2.45, 2.75) is 47.0 Å². The third-order valence-corrected chi connectivity index (χ3v) is 4.16. The number of hydrogen-bond donors (Lipinski definition) is 0. The molecule has 1 atom stereocenters. The van der Waals surface area contributed by atoms with Gasteiger partial charge in [-0.15, -0.1) is 11.6 Å².